The third-order valence-corrected chi connectivity index (χ3v) is 1.68. The molecule has 1 aliphatic rings. The van der Waals surface area contributed by atoms with Gasteiger partial charge in [0, 0.05) is 0 Å². The van der Waals surface area contributed by atoms with E-state index in [0.29, 0.717) is 0 Å². The van der Waals surface area contributed by atoms with Gasteiger partial charge in [0.2, 0.25) is 0 Å². The molecule has 0 spiro atoms. The average molecular weight is 154 g/mol. The van der Waals surface area contributed by atoms with Crippen LogP contribution in [0.15, 0.2) is 12.7 Å². The highest BCUT2D eigenvalue weighted by atomic mass is 16.5. The van der Waals surface area contributed by atoms with Gasteiger partial charge < -0.3 is 4.74 Å². The Morgan fingerprint density at radius 1 is 1.27 bits per heavy atom. The fourth-order valence-corrected chi connectivity index (χ4v) is 1.11. The van der Waals surface area contributed by atoms with Gasteiger partial charge in [0.05, 0.1) is 26.3 Å². The molecule has 0 unspecified atom stereocenters. The van der Waals surface area contributed by atoms with E-state index in [1.54, 1.807) is 11.1 Å². The number of hydrogen-bond acceptors (Lipinski definition) is 4. The number of rotatable bonds is 1. The van der Waals surface area contributed by atoms with E-state index in [-0.39, 0.29) is 0 Å². The summed E-state index contributed by atoms with van der Waals surface area (Å²) in [5, 5.41) is 6.11. The van der Waals surface area contributed by atoms with Crippen molar-refractivity contribution < 1.29 is 4.74 Å². The number of ether oxygens (including phenoxy) is 1. The van der Waals surface area contributed by atoms with Crippen molar-refractivity contribution in [2.45, 2.75) is 0 Å². The van der Waals surface area contributed by atoms with Gasteiger partial charge in [-0.05, 0) is 0 Å². The van der Waals surface area contributed by atoms with Gasteiger partial charge in [0.1, 0.15) is 12.7 Å². The summed E-state index contributed by atoms with van der Waals surface area (Å²) >= 11 is 0. The second kappa shape index (κ2) is 2.87. The number of nitrogens with zero attached hydrogens (tertiary/aromatic N) is 4. The maximum Gasteiger partial charge on any atom is 0.139 e. The summed E-state index contributed by atoms with van der Waals surface area (Å²) in [6, 6.07) is 0. The number of hydrogen-bond donors (Lipinski definition) is 0. The Morgan fingerprint density at radius 2 is 2.09 bits per heavy atom. The molecule has 5 nitrogen and oxygen atoms in total. The minimum absolute atomic E-state index is 0.778. The standard InChI is InChI=1S/C6H10N4O/c1-3-11-4-2-9(1)10-6-7-5-8-10/h5-6H,1-4H2. The smallest absolute Gasteiger partial charge is 0.139 e. The fraction of sp³-hybridized carbons (Fsp3) is 0.667. The van der Waals surface area contributed by atoms with E-state index in [4.69, 9.17) is 4.74 Å². The van der Waals surface area contributed by atoms with Gasteiger partial charge in [-0.25, -0.2) is 4.98 Å². The van der Waals surface area contributed by atoms with Crippen LogP contribution in [0.3, 0.4) is 0 Å². The van der Waals surface area contributed by atoms with Crippen molar-refractivity contribution in [2.24, 2.45) is 0 Å². The molecule has 0 aliphatic carbocycles. The van der Waals surface area contributed by atoms with E-state index in [1.807, 2.05) is 0 Å². The molecule has 60 valence electrons. The summed E-state index contributed by atoms with van der Waals surface area (Å²) in [6.45, 7) is 3.34. The Morgan fingerprint density at radius 3 is 2.73 bits per heavy atom. The first-order valence-corrected chi connectivity index (χ1v) is 3.64. The molecule has 0 radical (unpaired) electrons. The molecule has 0 N–H and O–H groups in total. The van der Waals surface area contributed by atoms with Crippen molar-refractivity contribution >= 4 is 0 Å². The third-order valence-electron chi connectivity index (χ3n) is 1.68. The fourth-order valence-electron chi connectivity index (χ4n) is 1.11. The van der Waals surface area contributed by atoms with Crippen molar-refractivity contribution in [1.29, 1.82) is 0 Å². The third kappa shape index (κ3) is 1.32. The first-order chi connectivity index (χ1) is 5.47. The number of aromatic nitrogens is 3. The van der Waals surface area contributed by atoms with Crippen LogP contribution in [-0.4, -0.2) is 41.2 Å². The van der Waals surface area contributed by atoms with Crippen LogP contribution in [0.25, 0.3) is 0 Å². The van der Waals surface area contributed by atoms with Crippen LogP contribution >= 0.6 is 0 Å². The molecular weight excluding hydrogens is 144 g/mol. The molecular formula is C6H10N4O. The Balaban J connectivity index is 2.04. The van der Waals surface area contributed by atoms with Crippen LogP contribution in [0, 0.1) is 0 Å². The molecule has 2 rings (SSSR count). The van der Waals surface area contributed by atoms with Gasteiger partial charge in [-0.15, -0.1) is 5.10 Å². The van der Waals surface area contributed by atoms with E-state index >= 15 is 0 Å². The molecule has 5 heteroatoms. The molecule has 1 aliphatic heterocycles. The molecule has 2 heterocycles. The Kier molecular flexibility index (Phi) is 1.72. The molecule has 0 bridgehead atoms. The Bertz CT molecular complexity index is 204. The van der Waals surface area contributed by atoms with Crippen LogP contribution < -0.4 is 5.01 Å². The second-order valence-electron chi connectivity index (χ2n) is 2.38. The largest absolute Gasteiger partial charge is 0.378 e. The van der Waals surface area contributed by atoms with Crippen LogP contribution in [0.5, 0.6) is 0 Å². The molecule has 1 aromatic heterocycles. The van der Waals surface area contributed by atoms with E-state index in [2.05, 4.69) is 15.1 Å². The lowest BCUT2D eigenvalue weighted by atomic mass is 10.5. The molecule has 0 atom stereocenters. The van der Waals surface area contributed by atoms with E-state index < -0.39 is 0 Å². The highest BCUT2D eigenvalue weighted by Crippen LogP contribution is 1.93. The topological polar surface area (TPSA) is 43.2 Å². The first kappa shape index (κ1) is 6.60. The van der Waals surface area contributed by atoms with Crippen LogP contribution in [0.1, 0.15) is 0 Å². The predicted octanol–water partition coefficient (Wildman–Crippen LogP) is -0.754. The minimum atomic E-state index is 0.778. The SMILES string of the molecule is c1ncn(N2CCOCC2)n1. The van der Waals surface area contributed by atoms with Crippen LogP contribution in [0.2, 0.25) is 0 Å². The molecule has 11 heavy (non-hydrogen) atoms. The van der Waals surface area contributed by atoms with Gasteiger partial charge in [0.25, 0.3) is 0 Å². The predicted molar refractivity (Wildman–Crippen MR) is 38.8 cm³/mol. The Hall–Kier alpha value is -1.10. The maximum atomic E-state index is 5.19. The maximum absolute atomic E-state index is 5.19. The average Bonchev–Trinajstić information content (AvgIpc) is 2.58. The monoisotopic (exact) mass is 154 g/mol. The zero-order valence-corrected chi connectivity index (χ0v) is 6.18. The molecule has 0 saturated carbocycles. The highest BCUT2D eigenvalue weighted by molar-refractivity contribution is 4.84. The van der Waals surface area contributed by atoms with E-state index in [9.17, 15) is 0 Å². The lowest BCUT2D eigenvalue weighted by Gasteiger charge is -2.27. The van der Waals surface area contributed by atoms with Crippen molar-refractivity contribution in [2.75, 3.05) is 31.3 Å². The molecule has 1 fully saturated rings. The summed E-state index contributed by atoms with van der Waals surface area (Å²) in [7, 11) is 0. The van der Waals surface area contributed by atoms with E-state index in [0.717, 1.165) is 26.3 Å². The lowest BCUT2D eigenvalue weighted by molar-refractivity contribution is 0.109. The van der Waals surface area contributed by atoms with Crippen LogP contribution in [-0.2, 0) is 4.74 Å². The molecule has 1 aromatic rings. The summed E-state index contributed by atoms with van der Waals surface area (Å²) < 4.78 is 5.19. The van der Waals surface area contributed by atoms with Crippen molar-refractivity contribution in [3.63, 3.8) is 0 Å². The summed E-state index contributed by atoms with van der Waals surface area (Å²) in [5.74, 6) is 0. The zero-order valence-electron chi connectivity index (χ0n) is 6.18. The zero-order chi connectivity index (χ0) is 7.52. The van der Waals surface area contributed by atoms with Gasteiger partial charge in [0.15, 0.2) is 0 Å². The molecule has 1 saturated heterocycles. The normalized spacial score (nSPS) is 18.7. The quantitative estimate of drug-likeness (QED) is 0.533. The second-order valence-corrected chi connectivity index (χ2v) is 2.38. The van der Waals surface area contributed by atoms with Crippen LogP contribution in [0.4, 0.5) is 0 Å². The van der Waals surface area contributed by atoms with Crippen molar-refractivity contribution in [3.8, 4) is 0 Å². The van der Waals surface area contributed by atoms with Gasteiger partial charge in [-0.1, -0.05) is 0 Å². The molecule has 0 amide bonds. The van der Waals surface area contributed by atoms with Crippen molar-refractivity contribution in [3.05, 3.63) is 12.7 Å². The summed E-state index contributed by atoms with van der Waals surface area (Å²) in [6.07, 6.45) is 3.24. The van der Waals surface area contributed by atoms with Gasteiger partial charge in [-0.2, -0.15) is 4.79 Å². The summed E-state index contributed by atoms with van der Waals surface area (Å²) in [5.41, 5.74) is 0. The Labute approximate surface area is 64.6 Å². The highest BCUT2D eigenvalue weighted by Gasteiger charge is 2.09. The minimum Gasteiger partial charge on any atom is -0.378 e. The van der Waals surface area contributed by atoms with Gasteiger partial charge in [-0.3, -0.25) is 5.01 Å². The summed E-state index contributed by atoms with van der Waals surface area (Å²) in [4.78, 5) is 5.62. The van der Waals surface area contributed by atoms with Gasteiger partial charge >= 0.3 is 0 Å². The first-order valence-electron chi connectivity index (χ1n) is 3.64. The lowest BCUT2D eigenvalue weighted by Crippen LogP contribution is -2.44. The molecule has 0 aromatic carbocycles. The van der Waals surface area contributed by atoms with E-state index in [1.165, 1.54) is 6.33 Å². The van der Waals surface area contributed by atoms with Crippen molar-refractivity contribution in [1.82, 2.24) is 14.9 Å². The number of morpholine rings is 1.